The number of benzene rings is 1. The average Bonchev–Trinajstić information content (AvgIpc) is 2.50. The summed E-state index contributed by atoms with van der Waals surface area (Å²) in [7, 11) is 0. The van der Waals surface area contributed by atoms with Gasteiger partial charge in [-0.1, -0.05) is 42.5 Å². The van der Waals surface area contributed by atoms with E-state index in [1.165, 1.54) is 23.3 Å². The third-order valence-corrected chi connectivity index (χ3v) is 3.50. The van der Waals surface area contributed by atoms with Crippen molar-refractivity contribution >= 4 is 11.3 Å². The molecule has 1 aromatic rings. The highest BCUT2D eigenvalue weighted by atomic mass is 14.9. The summed E-state index contributed by atoms with van der Waals surface area (Å²) in [4.78, 5) is 0. The predicted octanol–water partition coefficient (Wildman–Crippen LogP) is 5.07. The summed E-state index contributed by atoms with van der Waals surface area (Å²) in [6.45, 7) is 0. The van der Waals surface area contributed by atoms with E-state index in [9.17, 15) is 0 Å². The summed E-state index contributed by atoms with van der Waals surface area (Å²) >= 11 is 0. The SMILES string of the molecule is C1=CC(Nc2ccc(C3=CCCC=C3)cc2)=CCC1. The van der Waals surface area contributed by atoms with E-state index in [1.807, 2.05) is 0 Å². The first-order valence-electron chi connectivity index (χ1n) is 7.03. The van der Waals surface area contributed by atoms with Gasteiger partial charge in [-0.3, -0.25) is 0 Å². The molecule has 0 heterocycles. The van der Waals surface area contributed by atoms with Gasteiger partial charge >= 0.3 is 0 Å². The van der Waals surface area contributed by atoms with E-state index in [0.717, 1.165) is 24.9 Å². The highest BCUT2D eigenvalue weighted by Gasteiger charge is 2.02. The Balaban J connectivity index is 1.72. The van der Waals surface area contributed by atoms with E-state index >= 15 is 0 Å². The van der Waals surface area contributed by atoms with Gasteiger partial charge in [0.15, 0.2) is 0 Å². The Morgan fingerprint density at radius 2 is 1.47 bits per heavy atom. The number of rotatable bonds is 3. The van der Waals surface area contributed by atoms with E-state index in [-0.39, 0.29) is 0 Å². The Labute approximate surface area is 115 Å². The third kappa shape index (κ3) is 3.05. The maximum Gasteiger partial charge on any atom is 0.0384 e. The summed E-state index contributed by atoms with van der Waals surface area (Å²) in [6.07, 6.45) is 18.0. The number of allylic oxidation sites excluding steroid dienone is 7. The van der Waals surface area contributed by atoms with Gasteiger partial charge in [0.1, 0.15) is 0 Å². The van der Waals surface area contributed by atoms with Crippen LogP contribution >= 0.6 is 0 Å². The van der Waals surface area contributed by atoms with Gasteiger partial charge in [-0.05, 0) is 55.0 Å². The molecule has 19 heavy (non-hydrogen) atoms. The van der Waals surface area contributed by atoms with Crippen LogP contribution in [0.2, 0.25) is 0 Å². The molecule has 0 bridgehead atoms. The number of hydrogen-bond acceptors (Lipinski definition) is 1. The van der Waals surface area contributed by atoms with Crippen molar-refractivity contribution in [2.75, 3.05) is 5.32 Å². The monoisotopic (exact) mass is 249 g/mol. The molecule has 0 fully saturated rings. The molecule has 0 spiro atoms. The molecule has 0 saturated heterocycles. The molecule has 1 N–H and O–H groups in total. The molecule has 96 valence electrons. The smallest absolute Gasteiger partial charge is 0.0384 e. The topological polar surface area (TPSA) is 12.0 Å². The molecule has 0 saturated carbocycles. The van der Waals surface area contributed by atoms with E-state index in [2.05, 4.69) is 66.0 Å². The quantitative estimate of drug-likeness (QED) is 0.789. The maximum atomic E-state index is 3.45. The molecule has 1 heteroatoms. The van der Waals surface area contributed by atoms with Crippen molar-refractivity contribution in [2.24, 2.45) is 0 Å². The fourth-order valence-electron chi connectivity index (χ4n) is 2.45. The second-order valence-corrected chi connectivity index (χ2v) is 4.98. The standard InChI is InChI=1S/C18H19N/c1-3-7-15(8-4-1)16-11-13-18(14-12-16)19-17-9-5-2-6-10-17/h3,5,7-14,19H,1-2,4,6H2. The second-order valence-electron chi connectivity index (χ2n) is 4.98. The number of nitrogens with one attached hydrogen (secondary N) is 1. The van der Waals surface area contributed by atoms with Crippen molar-refractivity contribution in [2.45, 2.75) is 25.7 Å². The lowest BCUT2D eigenvalue weighted by Crippen LogP contribution is -1.99. The first-order valence-corrected chi connectivity index (χ1v) is 7.03. The minimum Gasteiger partial charge on any atom is -0.356 e. The summed E-state index contributed by atoms with van der Waals surface area (Å²) in [5, 5.41) is 3.45. The third-order valence-electron chi connectivity index (χ3n) is 3.50. The predicted molar refractivity (Wildman–Crippen MR) is 82.9 cm³/mol. The van der Waals surface area contributed by atoms with Crippen molar-refractivity contribution in [3.8, 4) is 0 Å². The molecule has 2 aliphatic rings. The zero-order chi connectivity index (χ0) is 12.9. The molecular weight excluding hydrogens is 230 g/mol. The molecule has 2 aliphatic carbocycles. The van der Waals surface area contributed by atoms with E-state index in [0.29, 0.717) is 0 Å². The van der Waals surface area contributed by atoms with Gasteiger partial charge in [0.2, 0.25) is 0 Å². The van der Waals surface area contributed by atoms with E-state index < -0.39 is 0 Å². The molecule has 0 aliphatic heterocycles. The molecule has 1 nitrogen and oxygen atoms in total. The van der Waals surface area contributed by atoms with E-state index in [4.69, 9.17) is 0 Å². The van der Waals surface area contributed by atoms with Crippen molar-refractivity contribution in [1.82, 2.24) is 0 Å². The molecule has 0 atom stereocenters. The van der Waals surface area contributed by atoms with Crippen LogP contribution in [0.3, 0.4) is 0 Å². The largest absolute Gasteiger partial charge is 0.356 e. The van der Waals surface area contributed by atoms with Crippen molar-refractivity contribution in [1.29, 1.82) is 0 Å². The fourth-order valence-corrected chi connectivity index (χ4v) is 2.45. The molecule has 3 rings (SSSR count). The Hall–Kier alpha value is -2.02. The van der Waals surface area contributed by atoms with Gasteiger partial charge < -0.3 is 5.32 Å². The lowest BCUT2D eigenvalue weighted by molar-refractivity contribution is 1.02. The van der Waals surface area contributed by atoms with Gasteiger partial charge in [0.25, 0.3) is 0 Å². The Bertz CT molecular complexity index is 556. The highest BCUT2D eigenvalue weighted by Crippen LogP contribution is 2.23. The van der Waals surface area contributed by atoms with E-state index in [1.54, 1.807) is 0 Å². The Morgan fingerprint density at radius 1 is 0.737 bits per heavy atom. The van der Waals surface area contributed by atoms with Crippen LogP contribution in [0.4, 0.5) is 5.69 Å². The van der Waals surface area contributed by atoms with Crippen LogP contribution in [0.25, 0.3) is 5.57 Å². The van der Waals surface area contributed by atoms with Gasteiger partial charge in [-0.25, -0.2) is 0 Å². The zero-order valence-electron chi connectivity index (χ0n) is 11.1. The van der Waals surface area contributed by atoms with Gasteiger partial charge in [-0.2, -0.15) is 0 Å². The van der Waals surface area contributed by atoms with Crippen LogP contribution in [0.1, 0.15) is 31.2 Å². The lowest BCUT2D eigenvalue weighted by atomic mass is 9.99. The Kier molecular flexibility index (Phi) is 3.64. The first-order chi connectivity index (χ1) is 9.42. The minimum absolute atomic E-state index is 1.13. The first kappa shape index (κ1) is 12.0. The van der Waals surface area contributed by atoms with Crippen LogP contribution in [0, 0.1) is 0 Å². The van der Waals surface area contributed by atoms with Gasteiger partial charge in [-0.15, -0.1) is 0 Å². The average molecular weight is 249 g/mol. The molecule has 0 radical (unpaired) electrons. The number of anilines is 1. The highest BCUT2D eigenvalue weighted by molar-refractivity contribution is 5.75. The van der Waals surface area contributed by atoms with Gasteiger partial charge in [0.05, 0.1) is 0 Å². The summed E-state index contributed by atoms with van der Waals surface area (Å²) in [5.41, 5.74) is 5.00. The summed E-state index contributed by atoms with van der Waals surface area (Å²) < 4.78 is 0. The van der Waals surface area contributed by atoms with Crippen LogP contribution in [0.5, 0.6) is 0 Å². The zero-order valence-corrected chi connectivity index (χ0v) is 11.1. The van der Waals surface area contributed by atoms with Crippen molar-refractivity contribution in [3.05, 3.63) is 72.0 Å². The van der Waals surface area contributed by atoms with Crippen LogP contribution in [-0.2, 0) is 0 Å². The summed E-state index contributed by atoms with van der Waals surface area (Å²) in [5.74, 6) is 0. The normalized spacial score (nSPS) is 17.9. The van der Waals surface area contributed by atoms with Crippen LogP contribution in [0.15, 0.2) is 66.4 Å². The molecule has 0 aromatic heterocycles. The van der Waals surface area contributed by atoms with Crippen molar-refractivity contribution < 1.29 is 0 Å². The van der Waals surface area contributed by atoms with Crippen LogP contribution < -0.4 is 5.32 Å². The molecule has 0 amide bonds. The fraction of sp³-hybridized carbons (Fsp3) is 0.222. The number of hydrogen-bond donors (Lipinski definition) is 1. The summed E-state index contributed by atoms with van der Waals surface area (Å²) in [6, 6.07) is 8.69. The maximum absolute atomic E-state index is 3.45. The second kappa shape index (κ2) is 5.75. The van der Waals surface area contributed by atoms with Crippen LogP contribution in [-0.4, -0.2) is 0 Å². The molecule has 1 aromatic carbocycles. The lowest BCUT2D eigenvalue weighted by Gasteiger charge is -2.12. The minimum atomic E-state index is 1.13. The van der Waals surface area contributed by atoms with Gasteiger partial charge in [0, 0.05) is 11.4 Å². The molecule has 0 unspecified atom stereocenters. The molecular formula is C18H19N. The Morgan fingerprint density at radius 3 is 2.11 bits per heavy atom. The van der Waals surface area contributed by atoms with Crippen molar-refractivity contribution in [3.63, 3.8) is 0 Å².